The lowest BCUT2D eigenvalue weighted by molar-refractivity contribution is 0.0752. The molecule has 2 heteroatoms. The van der Waals surface area contributed by atoms with Crippen LogP contribution in [0.15, 0.2) is 0 Å². The van der Waals surface area contributed by atoms with E-state index < -0.39 is 0 Å². The number of piperidine rings is 1. The minimum atomic E-state index is 0.317. The summed E-state index contributed by atoms with van der Waals surface area (Å²) in [6, 6.07) is 0.394. The first-order valence-electron chi connectivity index (χ1n) is 5.10. The van der Waals surface area contributed by atoms with Gasteiger partial charge in [0.2, 0.25) is 0 Å². The molecule has 72 valence electrons. The number of nitrogens with zero attached hydrogens (tertiary/aromatic N) is 1. The summed E-state index contributed by atoms with van der Waals surface area (Å²) in [5.74, 6) is 0.577. The summed E-state index contributed by atoms with van der Waals surface area (Å²) < 4.78 is 0. The van der Waals surface area contributed by atoms with Crippen LogP contribution < -0.4 is 0 Å². The van der Waals surface area contributed by atoms with Gasteiger partial charge in [-0.3, -0.25) is 4.90 Å². The third-order valence-electron chi connectivity index (χ3n) is 2.82. The fraction of sp³-hybridized carbons (Fsp3) is 1.00. The summed E-state index contributed by atoms with van der Waals surface area (Å²) in [5, 5.41) is 9.21. The molecule has 0 saturated carbocycles. The molecular formula is C10H21NO. The maximum Gasteiger partial charge on any atom is 0.0589 e. The monoisotopic (exact) mass is 171 g/mol. The fourth-order valence-electron chi connectivity index (χ4n) is 2.00. The Hall–Kier alpha value is -0.0800. The minimum Gasteiger partial charge on any atom is -0.395 e. The quantitative estimate of drug-likeness (QED) is 0.695. The van der Waals surface area contributed by atoms with Gasteiger partial charge >= 0.3 is 0 Å². The van der Waals surface area contributed by atoms with Gasteiger partial charge in [0.25, 0.3) is 0 Å². The van der Waals surface area contributed by atoms with E-state index in [1.165, 1.54) is 32.4 Å². The first kappa shape index (κ1) is 10.0. The van der Waals surface area contributed by atoms with Crippen LogP contribution in [0.5, 0.6) is 0 Å². The van der Waals surface area contributed by atoms with E-state index in [-0.39, 0.29) is 0 Å². The molecule has 1 saturated heterocycles. The van der Waals surface area contributed by atoms with E-state index in [0.717, 1.165) is 0 Å². The number of hydrogen-bond acceptors (Lipinski definition) is 2. The molecule has 0 aromatic carbocycles. The van der Waals surface area contributed by atoms with E-state index in [9.17, 15) is 5.11 Å². The molecule has 0 radical (unpaired) electrons. The summed E-state index contributed by atoms with van der Waals surface area (Å²) in [7, 11) is 0. The van der Waals surface area contributed by atoms with Crippen molar-refractivity contribution in [2.24, 2.45) is 5.92 Å². The van der Waals surface area contributed by atoms with Crippen molar-refractivity contribution in [3.63, 3.8) is 0 Å². The smallest absolute Gasteiger partial charge is 0.0589 e. The van der Waals surface area contributed by atoms with Gasteiger partial charge in [-0.1, -0.05) is 20.3 Å². The van der Waals surface area contributed by atoms with E-state index in [0.29, 0.717) is 18.6 Å². The van der Waals surface area contributed by atoms with Gasteiger partial charge < -0.3 is 5.11 Å². The summed E-state index contributed by atoms with van der Waals surface area (Å²) in [6.07, 6.45) is 3.99. The lowest BCUT2D eigenvalue weighted by Gasteiger charge is -2.35. The van der Waals surface area contributed by atoms with Crippen molar-refractivity contribution in [2.45, 2.75) is 39.2 Å². The van der Waals surface area contributed by atoms with Crippen LogP contribution in [0.1, 0.15) is 33.1 Å². The first-order valence-corrected chi connectivity index (χ1v) is 5.10. The molecule has 1 rings (SSSR count). The Morgan fingerprint density at radius 3 is 2.17 bits per heavy atom. The van der Waals surface area contributed by atoms with Gasteiger partial charge in [-0.2, -0.15) is 0 Å². The molecule has 1 N–H and O–H groups in total. The van der Waals surface area contributed by atoms with Gasteiger partial charge in [0.1, 0.15) is 0 Å². The topological polar surface area (TPSA) is 23.5 Å². The Bertz CT molecular complexity index is 119. The molecule has 0 amide bonds. The fourth-order valence-corrected chi connectivity index (χ4v) is 2.00. The number of aliphatic hydroxyl groups is 1. The zero-order valence-electron chi connectivity index (χ0n) is 8.29. The van der Waals surface area contributed by atoms with E-state index in [1.807, 2.05) is 0 Å². The summed E-state index contributed by atoms with van der Waals surface area (Å²) >= 11 is 0. The highest BCUT2D eigenvalue weighted by Crippen LogP contribution is 2.16. The van der Waals surface area contributed by atoms with Gasteiger partial charge in [0, 0.05) is 6.04 Å². The average molecular weight is 171 g/mol. The molecule has 0 aromatic heterocycles. The van der Waals surface area contributed by atoms with Crippen LogP contribution in [-0.2, 0) is 0 Å². The van der Waals surface area contributed by atoms with Crippen LogP contribution in [0.25, 0.3) is 0 Å². The van der Waals surface area contributed by atoms with Gasteiger partial charge in [-0.15, -0.1) is 0 Å². The minimum absolute atomic E-state index is 0.317. The molecular weight excluding hydrogens is 150 g/mol. The SMILES string of the molecule is CC(C)[C@H](CO)N1CCCCC1. The van der Waals surface area contributed by atoms with Gasteiger partial charge in [-0.25, -0.2) is 0 Å². The second-order valence-electron chi connectivity index (χ2n) is 4.09. The zero-order valence-corrected chi connectivity index (χ0v) is 8.29. The van der Waals surface area contributed by atoms with Crippen LogP contribution in [0.3, 0.4) is 0 Å². The Morgan fingerprint density at radius 2 is 1.75 bits per heavy atom. The maximum absolute atomic E-state index is 9.21. The largest absolute Gasteiger partial charge is 0.395 e. The lowest BCUT2D eigenvalue weighted by atomic mass is 10.0. The standard InChI is InChI=1S/C10H21NO/c1-9(2)10(8-12)11-6-4-3-5-7-11/h9-10,12H,3-8H2,1-2H3/t10-/m0/s1. The highest BCUT2D eigenvalue weighted by Gasteiger charge is 2.22. The van der Waals surface area contributed by atoms with Crippen LogP contribution in [0.2, 0.25) is 0 Å². The number of likely N-dealkylation sites (tertiary alicyclic amines) is 1. The normalized spacial score (nSPS) is 23.0. The maximum atomic E-state index is 9.21. The molecule has 1 heterocycles. The second-order valence-corrected chi connectivity index (χ2v) is 4.09. The molecule has 12 heavy (non-hydrogen) atoms. The van der Waals surface area contributed by atoms with Crippen molar-refractivity contribution in [2.75, 3.05) is 19.7 Å². The molecule has 1 fully saturated rings. The zero-order chi connectivity index (χ0) is 8.97. The predicted octanol–water partition coefficient (Wildman–Crippen LogP) is 1.49. The van der Waals surface area contributed by atoms with Crippen LogP contribution in [0, 0.1) is 5.92 Å². The molecule has 1 aliphatic heterocycles. The van der Waals surface area contributed by atoms with Crippen LogP contribution >= 0.6 is 0 Å². The Balaban J connectivity index is 2.40. The predicted molar refractivity (Wildman–Crippen MR) is 51.1 cm³/mol. The van der Waals surface area contributed by atoms with Crippen molar-refractivity contribution in [1.29, 1.82) is 0 Å². The second kappa shape index (κ2) is 4.83. The Labute approximate surface area is 75.6 Å². The Kier molecular flexibility index (Phi) is 4.02. The van der Waals surface area contributed by atoms with Crippen molar-refractivity contribution in [3.05, 3.63) is 0 Å². The molecule has 2 nitrogen and oxygen atoms in total. The van der Waals surface area contributed by atoms with Gasteiger partial charge in [0.05, 0.1) is 6.61 Å². The van der Waals surface area contributed by atoms with Gasteiger partial charge in [0.15, 0.2) is 0 Å². The molecule has 0 bridgehead atoms. The molecule has 0 spiro atoms. The number of rotatable bonds is 3. The van der Waals surface area contributed by atoms with Crippen LogP contribution in [0.4, 0.5) is 0 Å². The van der Waals surface area contributed by atoms with E-state index in [1.54, 1.807) is 0 Å². The lowest BCUT2D eigenvalue weighted by Crippen LogP contribution is -2.44. The third kappa shape index (κ3) is 2.46. The third-order valence-corrected chi connectivity index (χ3v) is 2.82. The summed E-state index contributed by atoms with van der Waals surface area (Å²) in [4.78, 5) is 2.44. The first-order chi connectivity index (χ1) is 5.75. The van der Waals surface area contributed by atoms with E-state index in [2.05, 4.69) is 18.7 Å². The van der Waals surface area contributed by atoms with Crippen LogP contribution in [-0.4, -0.2) is 35.7 Å². The summed E-state index contributed by atoms with van der Waals surface area (Å²) in [5.41, 5.74) is 0. The van der Waals surface area contributed by atoms with E-state index in [4.69, 9.17) is 0 Å². The van der Waals surface area contributed by atoms with Crippen molar-refractivity contribution >= 4 is 0 Å². The van der Waals surface area contributed by atoms with Crippen molar-refractivity contribution in [3.8, 4) is 0 Å². The highest BCUT2D eigenvalue weighted by atomic mass is 16.3. The number of hydrogen-bond donors (Lipinski definition) is 1. The van der Waals surface area contributed by atoms with Gasteiger partial charge in [-0.05, 0) is 31.8 Å². The molecule has 1 aliphatic rings. The average Bonchev–Trinajstić information content (AvgIpc) is 2.07. The number of aliphatic hydroxyl groups excluding tert-OH is 1. The molecule has 1 atom stereocenters. The van der Waals surface area contributed by atoms with Crippen molar-refractivity contribution < 1.29 is 5.11 Å². The molecule has 0 aliphatic carbocycles. The van der Waals surface area contributed by atoms with E-state index >= 15 is 0 Å². The molecule has 0 aromatic rings. The Morgan fingerprint density at radius 1 is 1.17 bits per heavy atom. The summed E-state index contributed by atoms with van der Waals surface area (Å²) in [6.45, 7) is 7.06. The molecule has 0 unspecified atom stereocenters. The highest BCUT2D eigenvalue weighted by molar-refractivity contribution is 4.76. The van der Waals surface area contributed by atoms with Crippen molar-refractivity contribution in [1.82, 2.24) is 4.90 Å².